The number of nitrogens with zero attached hydrogens (tertiary/aromatic N) is 1. The monoisotopic (exact) mass is 205 g/mol. The van der Waals surface area contributed by atoms with Gasteiger partial charge in [0.15, 0.2) is 0 Å². The number of rotatable bonds is 2. The van der Waals surface area contributed by atoms with Crippen molar-refractivity contribution < 1.29 is 13.2 Å². The minimum Gasteiger partial charge on any atom is -0.360 e. The minimum absolute atomic E-state index is 0.138. The maximum Gasteiger partial charge on any atom is 0.219 e. The Kier molecular flexibility index (Phi) is 2.13. The summed E-state index contributed by atoms with van der Waals surface area (Å²) in [5.41, 5.74) is 0. The van der Waals surface area contributed by atoms with Crippen LogP contribution < -0.4 is 0 Å². The van der Waals surface area contributed by atoms with Crippen LogP contribution >= 0.6 is 0 Å². The van der Waals surface area contributed by atoms with Crippen LogP contribution in [0.15, 0.2) is 0 Å². The smallest absolute Gasteiger partial charge is 0.219 e. The molecule has 0 radical (unpaired) electrons. The Balaban J connectivity index is 2.12. The molecule has 4 nitrogen and oxygen atoms in total. The standard InChI is InChI=1S/C8H15NO3S/c1-6(2)13(10,11)9-7-4-3-5-12-8(7)9/h6-8H,3-5H2,1-2H3/t7-,8-,9?/m1/s1. The first-order chi connectivity index (χ1) is 6.05. The summed E-state index contributed by atoms with van der Waals surface area (Å²) < 4.78 is 30.3. The SMILES string of the molecule is CC(C)S(=O)(=O)N1[C@@H]2CCCO[C@H]21. The van der Waals surface area contributed by atoms with Gasteiger partial charge in [0.2, 0.25) is 10.0 Å². The lowest BCUT2D eigenvalue weighted by Gasteiger charge is -2.08. The Morgan fingerprint density at radius 2 is 2.15 bits per heavy atom. The molecule has 2 fully saturated rings. The lowest BCUT2D eigenvalue weighted by molar-refractivity contribution is 0.0786. The van der Waals surface area contributed by atoms with Crippen molar-refractivity contribution >= 4 is 10.0 Å². The van der Waals surface area contributed by atoms with E-state index in [0.29, 0.717) is 6.61 Å². The van der Waals surface area contributed by atoms with Crippen molar-refractivity contribution in [1.82, 2.24) is 4.31 Å². The molecule has 0 bridgehead atoms. The lowest BCUT2D eigenvalue weighted by atomic mass is 10.2. The molecule has 2 aliphatic rings. The van der Waals surface area contributed by atoms with Crippen molar-refractivity contribution in [1.29, 1.82) is 0 Å². The van der Waals surface area contributed by atoms with E-state index >= 15 is 0 Å². The number of sulfonamides is 1. The third-order valence-corrected chi connectivity index (χ3v) is 4.90. The molecule has 1 unspecified atom stereocenters. The summed E-state index contributed by atoms with van der Waals surface area (Å²) in [6.45, 7) is 4.12. The first-order valence-corrected chi connectivity index (χ1v) is 6.19. The Hall–Kier alpha value is -0.130. The molecule has 13 heavy (non-hydrogen) atoms. The molecule has 0 N–H and O–H groups in total. The van der Waals surface area contributed by atoms with E-state index in [1.165, 1.54) is 4.31 Å². The van der Waals surface area contributed by atoms with E-state index in [0.717, 1.165) is 12.8 Å². The first kappa shape index (κ1) is 9.43. The highest BCUT2D eigenvalue weighted by molar-refractivity contribution is 7.89. The summed E-state index contributed by atoms with van der Waals surface area (Å²) in [6.07, 6.45) is 1.79. The van der Waals surface area contributed by atoms with Crippen LogP contribution in [0.5, 0.6) is 0 Å². The van der Waals surface area contributed by atoms with Gasteiger partial charge in [0.05, 0.1) is 11.3 Å². The maximum atomic E-state index is 11.7. The summed E-state index contributed by atoms with van der Waals surface area (Å²) in [6, 6.07) is 0.140. The Bertz CT molecular complexity index is 287. The van der Waals surface area contributed by atoms with Crippen molar-refractivity contribution in [3.8, 4) is 0 Å². The predicted octanol–water partition coefficient (Wildman–Crippen LogP) is 0.545. The Morgan fingerprint density at radius 1 is 1.46 bits per heavy atom. The third-order valence-electron chi connectivity index (χ3n) is 2.64. The topological polar surface area (TPSA) is 46.4 Å². The molecule has 0 aliphatic carbocycles. The molecule has 3 atom stereocenters. The molecule has 0 aromatic rings. The van der Waals surface area contributed by atoms with Gasteiger partial charge in [-0.25, -0.2) is 8.42 Å². The number of ether oxygens (including phenoxy) is 1. The predicted molar refractivity (Wildman–Crippen MR) is 48.7 cm³/mol. The van der Waals surface area contributed by atoms with Gasteiger partial charge in [0.1, 0.15) is 6.23 Å². The summed E-state index contributed by atoms with van der Waals surface area (Å²) >= 11 is 0. The van der Waals surface area contributed by atoms with Crippen LogP contribution in [0.3, 0.4) is 0 Å². The van der Waals surface area contributed by atoms with Crippen molar-refractivity contribution in [2.75, 3.05) is 6.61 Å². The molecule has 0 aromatic carbocycles. The van der Waals surface area contributed by atoms with E-state index in [4.69, 9.17) is 4.74 Å². The van der Waals surface area contributed by atoms with Gasteiger partial charge in [0.25, 0.3) is 0 Å². The van der Waals surface area contributed by atoms with Crippen LogP contribution in [0.4, 0.5) is 0 Å². The normalized spacial score (nSPS) is 38.8. The molecular formula is C8H15NO3S. The quantitative estimate of drug-likeness (QED) is 0.618. The lowest BCUT2D eigenvalue weighted by Crippen LogP contribution is -2.24. The molecular weight excluding hydrogens is 190 g/mol. The van der Waals surface area contributed by atoms with E-state index in [1.54, 1.807) is 13.8 Å². The van der Waals surface area contributed by atoms with Gasteiger partial charge in [-0.15, -0.1) is 0 Å². The molecule has 2 aliphatic heterocycles. The zero-order valence-electron chi connectivity index (χ0n) is 7.93. The van der Waals surface area contributed by atoms with Crippen LogP contribution in [0.25, 0.3) is 0 Å². The maximum absolute atomic E-state index is 11.7. The zero-order valence-corrected chi connectivity index (χ0v) is 8.75. The first-order valence-electron chi connectivity index (χ1n) is 4.69. The van der Waals surface area contributed by atoms with E-state index in [-0.39, 0.29) is 17.5 Å². The molecule has 2 heterocycles. The highest BCUT2D eigenvalue weighted by atomic mass is 32.2. The van der Waals surface area contributed by atoms with E-state index < -0.39 is 10.0 Å². The molecule has 0 amide bonds. The average molecular weight is 205 g/mol. The second kappa shape index (κ2) is 2.93. The molecule has 2 rings (SSSR count). The van der Waals surface area contributed by atoms with Gasteiger partial charge in [-0.05, 0) is 26.7 Å². The summed E-state index contributed by atoms with van der Waals surface area (Å²) in [7, 11) is -3.08. The molecule has 76 valence electrons. The van der Waals surface area contributed by atoms with Crippen LogP contribution in [0.2, 0.25) is 0 Å². The van der Waals surface area contributed by atoms with Crippen LogP contribution in [0.1, 0.15) is 26.7 Å². The van der Waals surface area contributed by atoms with Crippen molar-refractivity contribution in [2.24, 2.45) is 0 Å². The van der Waals surface area contributed by atoms with Crippen molar-refractivity contribution in [2.45, 2.75) is 44.2 Å². The highest BCUT2D eigenvalue weighted by Crippen LogP contribution is 2.40. The van der Waals surface area contributed by atoms with Gasteiger partial charge in [-0.1, -0.05) is 0 Å². The molecule has 2 saturated heterocycles. The Morgan fingerprint density at radius 3 is 2.62 bits per heavy atom. The van der Waals surface area contributed by atoms with Gasteiger partial charge in [0, 0.05) is 6.61 Å². The third kappa shape index (κ3) is 1.39. The van der Waals surface area contributed by atoms with Gasteiger partial charge >= 0.3 is 0 Å². The highest BCUT2D eigenvalue weighted by Gasteiger charge is 2.57. The molecule has 0 aromatic heterocycles. The van der Waals surface area contributed by atoms with Gasteiger partial charge < -0.3 is 4.74 Å². The van der Waals surface area contributed by atoms with E-state index in [2.05, 4.69) is 0 Å². The summed E-state index contributed by atoms with van der Waals surface area (Å²) in [5, 5.41) is -0.332. The summed E-state index contributed by atoms with van der Waals surface area (Å²) in [5.74, 6) is 0. The fourth-order valence-corrected chi connectivity index (χ4v) is 3.27. The van der Waals surface area contributed by atoms with Crippen molar-refractivity contribution in [3.05, 3.63) is 0 Å². The molecule has 0 saturated carbocycles. The van der Waals surface area contributed by atoms with Crippen LogP contribution in [0, 0.1) is 0 Å². The van der Waals surface area contributed by atoms with Crippen LogP contribution in [-0.4, -0.2) is 36.8 Å². The van der Waals surface area contributed by atoms with Gasteiger partial charge in [-0.2, -0.15) is 4.31 Å². The zero-order chi connectivity index (χ0) is 9.64. The summed E-state index contributed by atoms with van der Waals surface area (Å²) in [4.78, 5) is 0. The van der Waals surface area contributed by atoms with E-state index in [1.807, 2.05) is 0 Å². The molecule has 0 spiro atoms. The van der Waals surface area contributed by atoms with Crippen molar-refractivity contribution in [3.63, 3.8) is 0 Å². The van der Waals surface area contributed by atoms with Crippen LogP contribution in [-0.2, 0) is 14.8 Å². The Labute approximate surface area is 78.9 Å². The fourth-order valence-electron chi connectivity index (χ4n) is 1.76. The number of fused-ring (bicyclic) bond motifs is 1. The largest absolute Gasteiger partial charge is 0.360 e. The fraction of sp³-hybridized carbons (Fsp3) is 1.00. The average Bonchev–Trinajstić information content (AvgIpc) is 2.77. The second-order valence-electron chi connectivity index (χ2n) is 3.89. The second-order valence-corrected chi connectivity index (χ2v) is 6.29. The molecule has 5 heteroatoms. The van der Waals surface area contributed by atoms with E-state index in [9.17, 15) is 8.42 Å². The number of hydrogen-bond acceptors (Lipinski definition) is 3. The number of hydrogen-bond donors (Lipinski definition) is 0. The van der Waals surface area contributed by atoms with Gasteiger partial charge in [-0.3, -0.25) is 0 Å². The minimum atomic E-state index is -3.08.